The number of anilines is 2. The molecule has 2 aromatic carbocycles. The van der Waals surface area contributed by atoms with E-state index in [0.717, 1.165) is 23.4 Å². The molecular weight excluding hydrogens is 355 g/mol. The Morgan fingerprint density at radius 1 is 1.15 bits per heavy atom. The number of nitrogens with one attached hydrogen (secondary N) is 2. The second-order valence-corrected chi connectivity index (χ2v) is 6.51. The Kier molecular flexibility index (Phi) is 4.22. The van der Waals surface area contributed by atoms with Gasteiger partial charge in [-0.1, -0.05) is 24.3 Å². The Morgan fingerprint density at radius 2 is 1.96 bits per heavy atom. The number of amides is 1. The van der Waals surface area contributed by atoms with Crippen molar-refractivity contribution in [3.05, 3.63) is 65.9 Å². The van der Waals surface area contributed by atoms with Gasteiger partial charge in [0, 0.05) is 41.8 Å². The lowest BCUT2D eigenvalue weighted by atomic mass is 9.90. The minimum absolute atomic E-state index is 0.0207. The zero-order chi connectivity index (χ0) is 19.0. The number of fused-ring (bicyclic) bond motifs is 2. The van der Waals surface area contributed by atoms with Gasteiger partial charge < -0.3 is 10.6 Å². The van der Waals surface area contributed by atoms with Crippen molar-refractivity contribution in [1.82, 2.24) is 4.98 Å². The number of nitrogens with zero attached hydrogens (tertiary/aromatic N) is 1. The molecule has 0 fully saturated rings. The van der Waals surface area contributed by atoms with Crippen LogP contribution in [0.15, 0.2) is 54.7 Å². The second kappa shape index (κ2) is 6.57. The third-order valence-corrected chi connectivity index (χ3v) is 4.72. The summed E-state index contributed by atoms with van der Waals surface area (Å²) in [5, 5.41) is 6.74. The Morgan fingerprint density at radius 3 is 2.78 bits per heavy atom. The van der Waals surface area contributed by atoms with E-state index in [9.17, 15) is 18.0 Å². The molecule has 1 aromatic heterocycles. The van der Waals surface area contributed by atoms with Gasteiger partial charge in [-0.2, -0.15) is 13.2 Å². The minimum Gasteiger partial charge on any atom is -0.384 e. The van der Waals surface area contributed by atoms with Gasteiger partial charge in [0.2, 0.25) is 5.91 Å². The molecule has 1 atom stereocenters. The maximum Gasteiger partial charge on any atom is 0.416 e. The highest BCUT2D eigenvalue weighted by molar-refractivity contribution is 5.95. The minimum atomic E-state index is -4.40. The van der Waals surface area contributed by atoms with Crippen molar-refractivity contribution in [3.8, 4) is 0 Å². The first kappa shape index (κ1) is 17.3. The van der Waals surface area contributed by atoms with Crippen LogP contribution in [0.5, 0.6) is 0 Å². The van der Waals surface area contributed by atoms with Crippen molar-refractivity contribution in [2.45, 2.75) is 18.5 Å². The van der Waals surface area contributed by atoms with Gasteiger partial charge in [-0.3, -0.25) is 9.78 Å². The van der Waals surface area contributed by atoms with E-state index < -0.39 is 11.7 Å². The first-order valence-electron chi connectivity index (χ1n) is 8.50. The van der Waals surface area contributed by atoms with E-state index in [1.807, 2.05) is 24.3 Å². The van der Waals surface area contributed by atoms with Gasteiger partial charge in [-0.05, 0) is 29.8 Å². The highest BCUT2D eigenvalue weighted by atomic mass is 19.4. The lowest BCUT2D eigenvalue weighted by Crippen LogP contribution is -2.26. The van der Waals surface area contributed by atoms with Gasteiger partial charge in [0.15, 0.2) is 0 Å². The number of hydrogen-bond acceptors (Lipinski definition) is 3. The van der Waals surface area contributed by atoms with Crippen LogP contribution in [0.25, 0.3) is 10.9 Å². The van der Waals surface area contributed by atoms with E-state index in [4.69, 9.17) is 0 Å². The quantitative estimate of drug-likeness (QED) is 0.696. The van der Waals surface area contributed by atoms with Crippen LogP contribution in [-0.2, 0) is 11.0 Å². The molecule has 0 saturated carbocycles. The number of para-hydroxylation sites is 1. The summed E-state index contributed by atoms with van der Waals surface area (Å²) in [6.45, 7) is 0.491. The lowest BCUT2D eigenvalue weighted by molar-refractivity contribution is -0.137. The van der Waals surface area contributed by atoms with Gasteiger partial charge in [0.1, 0.15) is 0 Å². The molecule has 3 aromatic rings. The standard InChI is InChI=1S/C20H16F3N3O/c21-20(22,23)13-5-6-15-16(7-8-24-18(15)10-13)25-11-12-9-19(27)26-17-4-2-1-3-14(12)17/h1-8,10,12H,9,11H2,(H,24,25)(H,26,27). The highest BCUT2D eigenvalue weighted by Crippen LogP contribution is 2.34. The summed E-state index contributed by atoms with van der Waals surface area (Å²) in [5.74, 6) is -0.0671. The summed E-state index contributed by atoms with van der Waals surface area (Å²) in [7, 11) is 0. The summed E-state index contributed by atoms with van der Waals surface area (Å²) in [5.41, 5.74) is 2.09. The van der Waals surface area contributed by atoms with Gasteiger partial charge >= 0.3 is 6.18 Å². The molecule has 4 rings (SSSR count). The van der Waals surface area contributed by atoms with E-state index >= 15 is 0 Å². The van der Waals surface area contributed by atoms with Crippen LogP contribution in [0, 0.1) is 0 Å². The average molecular weight is 371 g/mol. The number of aromatic nitrogens is 1. The fraction of sp³-hybridized carbons (Fsp3) is 0.200. The molecule has 0 bridgehead atoms. The van der Waals surface area contributed by atoms with Crippen LogP contribution >= 0.6 is 0 Å². The molecule has 0 radical (unpaired) electrons. The number of rotatable bonds is 3. The van der Waals surface area contributed by atoms with Gasteiger partial charge in [-0.25, -0.2) is 0 Å². The molecule has 7 heteroatoms. The molecule has 4 nitrogen and oxygen atoms in total. The summed E-state index contributed by atoms with van der Waals surface area (Å²) >= 11 is 0. The Bertz CT molecular complexity index is 1020. The molecule has 2 N–H and O–H groups in total. The van der Waals surface area contributed by atoms with Gasteiger partial charge in [-0.15, -0.1) is 0 Å². The number of halogens is 3. The van der Waals surface area contributed by atoms with Crippen LogP contribution in [-0.4, -0.2) is 17.4 Å². The summed E-state index contributed by atoms with van der Waals surface area (Å²) < 4.78 is 38.7. The van der Waals surface area contributed by atoms with Crippen molar-refractivity contribution >= 4 is 28.2 Å². The number of alkyl halides is 3. The van der Waals surface area contributed by atoms with Crippen LogP contribution in [0.4, 0.5) is 24.5 Å². The first-order valence-corrected chi connectivity index (χ1v) is 8.50. The Hall–Kier alpha value is -3.09. The topological polar surface area (TPSA) is 54.0 Å². The second-order valence-electron chi connectivity index (χ2n) is 6.51. The molecule has 2 heterocycles. The van der Waals surface area contributed by atoms with E-state index in [-0.39, 0.29) is 17.3 Å². The third-order valence-electron chi connectivity index (χ3n) is 4.72. The zero-order valence-electron chi connectivity index (χ0n) is 14.2. The number of carbonyl (C=O) groups is 1. The number of carbonyl (C=O) groups excluding carboxylic acids is 1. The SMILES string of the molecule is O=C1CC(CNc2ccnc3cc(C(F)(F)F)ccc23)c2ccccc2N1. The number of hydrogen-bond donors (Lipinski definition) is 2. The van der Waals surface area contributed by atoms with Crippen LogP contribution in [0.3, 0.4) is 0 Å². The highest BCUT2D eigenvalue weighted by Gasteiger charge is 2.30. The molecule has 1 unspecified atom stereocenters. The fourth-order valence-electron chi connectivity index (χ4n) is 3.40. The van der Waals surface area contributed by atoms with E-state index in [2.05, 4.69) is 15.6 Å². The Labute approximate surface area is 153 Å². The van der Waals surface area contributed by atoms with Crippen LogP contribution in [0.1, 0.15) is 23.5 Å². The van der Waals surface area contributed by atoms with Crippen molar-refractivity contribution in [2.75, 3.05) is 17.2 Å². The largest absolute Gasteiger partial charge is 0.416 e. The number of benzene rings is 2. The van der Waals surface area contributed by atoms with E-state index in [0.29, 0.717) is 24.0 Å². The summed E-state index contributed by atoms with van der Waals surface area (Å²) in [6.07, 6.45) is -2.57. The molecule has 1 aliphatic rings. The molecule has 0 aliphatic carbocycles. The average Bonchev–Trinajstić information content (AvgIpc) is 2.64. The van der Waals surface area contributed by atoms with Gasteiger partial charge in [0.25, 0.3) is 0 Å². The van der Waals surface area contributed by atoms with Crippen molar-refractivity contribution < 1.29 is 18.0 Å². The maximum atomic E-state index is 12.9. The molecule has 0 spiro atoms. The number of pyridine rings is 1. The molecule has 1 aliphatic heterocycles. The van der Waals surface area contributed by atoms with E-state index in [1.165, 1.54) is 12.3 Å². The first-order chi connectivity index (χ1) is 12.9. The van der Waals surface area contributed by atoms with Crippen molar-refractivity contribution in [1.29, 1.82) is 0 Å². The van der Waals surface area contributed by atoms with Crippen LogP contribution in [0.2, 0.25) is 0 Å². The van der Waals surface area contributed by atoms with Crippen LogP contribution < -0.4 is 10.6 Å². The van der Waals surface area contributed by atoms with E-state index in [1.54, 1.807) is 6.07 Å². The lowest BCUT2D eigenvalue weighted by Gasteiger charge is -2.26. The van der Waals surface area contributed by atoms with Crippen molar-refractivity contribution in [3.63, 3.8) is 0 Å². The van der Waals surface area contributed by atoms with Crippen molar-refractivity contribution in [2.24, 2.45) is 0 Å². The predicted molar refractivity (Wildman–Crippen MR) is 97.7 cm³/mol. The smallest absolute Gasteiger partial charge is 0.384 e. The zero-order valence-corrected chi connectivity index (χ0v) is 14.2. The summed E-state index contributed by atoms with van der Waals surface area (Å²) in [4.78, 5) is 16.0. The fourth-order valence-corrected chi connectivity index (χ4v) is 3.40. The normalized spacial score (nSPS) is 16.7. The van der Waals surface area contributed by atoms with Gasteiger partial charge in [0.05, 0.1) is 11.1 Å². The Balaban J connectivity index is 1.60. The molecule has 27 heavy (non-hydrogen) atoms. The third kappa shape index (κ3) is 3.45. The maximum absolute atomic E-state index is 12.9. The molecule has 1 amide bonds. The monoisotopic (exact) mass is 371 g/mol. The molecule has 0 saturated heterocycles. The summed E-state index contributed by atoms with van der Waals surface area (Å²) in [6, 6.07) is 12.9. The molecular formula is C20H16F3N3O. The predicted octanol–water partition coefficient (Wildman–Crippen LogP) is 4.79. The molecule has 138 valence electrons.